The lowest BCUT2D eigenvalue weighted by atomic mass is 9.73. The van der Waals surface area contributed by atoms with Crippen molar-refractivity contribution in [3.8, 4) is 39.9 Å². The average Bonchev–Trinajstić information content (AvgIpc) is 2.86. The molecular weight excluding hydrogens is 436 g/mol. The zero-order valence-corrected chi connectivity index (χ0v) is 19.3. The Morgan fingerprint density at radius 2 is 1.76 bits per heavy atom. The Kier molecular flexibility index (Phi) is 5.48. The second-order valence-electron chi connectivity index (χ2n) is 8.54. The van der Waals surface area contributed by atoms with Crippen LogP contribution in [0.2, 0.25) is 0 Å². The quantitative estimate of drug-likeness (QED) is 0.558. The summed E-state index contributed by atoms with van der Waals surface area (Å²) in [6, 6.07) is 12.2. The molecule has 0 amide bonds. The number of phenols is 2. The van der Waals surface area contributed by atoms with Crippen molar-refractivity contribution < 1.29 is 34.0 Å². The number of fused-ring (bicyclic) bond motifs is 5. The molecule has 3 aromatic carbocycles. The molecule has 34 heavy (non-hydrogen) atoms. The van der Waals surface area contributed by atoms with E-state index >= 15 is 0 Å². The van der Waals surface area contributed by atoms with Gasteiger partial charge in [-0.1, -0.05) is 12.1 Å². The first-order valence-electron chi connectivity index (χ1n) is 11.1. The fourth-order valence-corrected chi connectivity index (χ4v) is 5.27. The number of phenolic OH excluding ortho intramolecular Hbond substituents is 2. The molecule has 7 heteroatoms. The number of carbonyl (C=O) groups is 1. The number of benzene rings is 3. The van der Waals surface area contributed by atoms with Crippen LogP contribution in [0.25, 0.3) is 11.1 Å². The number of aromatic hydroxyl groups is 2. The molecule has 2 unspecified atom stereocenters. The van der Waals surface area contributed by atoms with Crippen molar-refractivity contribution in [2.75, 3.05) is 27.9 Å². The van der Waals surface area contributed by atoms with Crippen LogP contribution in [0.4, 0.5) is 0 Å². The highest BCUT2D eigenvalue weighted by atomic mass is 16.5. The molecule has 0 radical (unpaired) electrons. The number of ether oxygens (including phenoxy) is 4. The standard InChI is InChI=1S/C27H26O7/c1-31-21-11-15(5-9-20(21)29)19-13-34-23-12-22(32-2)24-17-8-6-16(28)10-14(17)4-7-18(24)25(23)26(19)27(30)33-3/h5-6,8-12,19,26,28-29H,4,7,13H2,1-3H3. The fourth-order valence-electron chi connectivity index (χ4n) is 5.27. The second kappa shape index (κ2) is 8.48. The van der Waals surface area contributed by atoms with Crippen LogP contribution in [0.3, 0.4) is 0 Å². The maximum absolute atomic E-state index is 13.2. The molecule has 3 aromatic rings. The Morgan fingerprint density at radius 3 is 2.50 bits per heavy atom. The van der Waals surface area contributed by atoms with Gasteiger partial charge in [0.1, 0.15) is 17.2 Å². The molecule has 2 aliphatic rings. The molecule has 1 aliphatic carbocycles. The summed E-state index contributed by atoms with van der Waals surface area (Å²) in [6.07, 6.45) is 1.37. The molecule has 1 aliphatic heterocycles. The number of aryl methyl sites for hydroxylation is 1. The van der Waals surface area contributed by atoms with E-state index < -0.39 is 5.92 Å². The maximum Gasteiger partial charge on any atom is 0.314 e. The Morgan fingerprint density at radius 1 is 0.971 bits per heavy atom. The summed E-state index contributed by atoms with van der Waals surface area (Å²) in [6.45, 7) is 0.257. The van der Waals surface area contributed by atoms with Gasteiger partial charge in [0.2, 0.25) is 0 Å². The van der Waals surface area contributed by atoms with Crippen LogP contribution in [0.15, 0.2) is 42.5 Å². The number of esters is 1. The lowest BCUT2D eigenvalue weighted by molar-refractivity contribution is -0.143. The fraction of sp³-hybridized carbons (Fsp3) is 0.296. The summed E-state index contributed by atoms with van der Waals surface area (Å²) in [5.41, 5.74) is 5.49. The molecule has 2 atom stereocenters. The first-order chi connectivity index (χ1) is 16.5. The van der Waals surface area contributed by atoms with E-state index in [0.717, 1.165) is 33.4 Å². The molecule has 0 aromatic heterocycles. The van der Waals surface area contributed by atoms with Gasteiger partial charge in [0.25, 0.3) is 0 Å². The first kappa shape index (κ1) is 21.9. The van der Waals surface area contributed by atoms with Crippen LogP contribution in [0, 0.1) is 0 Å². The van der Waals surface area contributed by atoms with Crippen molar-refractivity contribution in [2.45, 2.75) is 24.7 Å². The van der Waals surface area contributed by atoms with Gasteiger partial charge >= 0.3 is 5.97 Å². The van der Waals surface area contributed by atoms with E-state index in [0.29, 0.717) is 30.1 Å². The highest BCUT2D eigenvalue weighted by molar-refractivity contribution is 5.87. The monoisotopic (exact) mass is 462 g/mol. The van der Waals surface area contributed by atoms with Gasteiger partial charge in [-0.05, 0) is 59.4 Å². The van der Waals surface area contributed by atoms with Gasteiger partial charge < -0.3 is 29.2 Å². The molecule has 2 N–H and O–H groups in total. The van der Waals surface area contributed by atoms with Gasteiger partial charge in [-0.2, -0.15) is 0 Å². The van der Waals surface area contributed by atoms with Crippen molar-refractivity contribution in [2.24, 2.45) is 0 Å². The van der Waals surface area contributed by atoms with Crippen LogP contribution in [-0.4, -0.2) is 44.1 Å². The number of hydrogen-bond donors (Lipinski definition) is 2. The molecule has 0 spiro atoms. The number of carbonyl (C=O) groups excluding carboxylic acids is 1. The molecule has 7 nitrogen and oxygen atoms in total. The Bertz CT molecular complexity index is 1280. The van der Waals surface area contributed by atoms with Crippen LogP contribution < -0.4 is 14.2 Å². The number of methoxy groups -OCH3 is 3. The normalized spacial score (nSPS) is 18.1. The van der Waals surface area contributed by atoms with Crippen LogP contribution in [-0.2, 0) is 22.4 Å². The second-order valence-corrected chi connectivity index (χ2v) is 8.54. The molecule has 1 heterocycles. The minimum atomic E-state index is -0.610. The smallest absolute Gasteiger partial charge is 0.314 e. The summed E-state index contributed by atoms with van der Waals surface area (Å²) in [5, 5.41) is 20.0. The van der Waals surface area contributed by atoms with Gasteiger partial charge in [-0.3, -0.25) is 4.79 Å². The Balaban J connectivity index is 1.73. The summed E-state index contributed by atoms with van der Waals surface area (Å²) in [7, 11) is 4.49. The predicted octanol–water partition coefficient (Wildman–Crippen LogP) is 4.31. The molecular formula is C27H26O7. The van der Waals surface area contributed by atoms with Gasteiger partial charge in [0, 0.05) is 23.1 Å². The summed E-state index contributed by atoms with van der Waals surface area (Å²) in [4.78, 5) is 13.2. The maximum atomic E-state index is 13.2. The lowest BCUT2D eigenvalue weighted by Gasteiger charge is -2.36. The van der Waals surface area contributed by atoms with Crippen LogP contribution in [0.1, 0.15) is 34.1 Å². The third-order valence-electron chi connectivity index (χ3n) is 6.84. The van der Waals surface area contributed by atoms with E-state index in [9.17, 15) is 15.0 Å². The molecule has 176 valence electrons. The summed E-state index contributed by atoms with van der Waals surface area (Å²) < 4.78 is 22.5. The minimum absolute atomic E-state index is 0.0278. The van der Waals surface area contributed by atoms with Crippen molar-refractivity contribution in [3.05, 3.63) is 64.7 Å². The van der Waals surface area contributed by atoms with Gasteiger partial charge in [0.15, 0.2) is 11.5 Å². The Labute approximate surface area is 197 Å². The molecule has 5 rings (SSSR count). The lowest BCUT2D eigenvalue weighted by Crippen LogP contribution is -2.32. The number of hydrogen-bond acceptors (Lipinski definition) is 7. The van der Waals surface area contributed by atoms with Gasteiger partial charge in [0.05, 0.1) is 33.9 Å². The molecule has 0 saturated carbocycles. The Hall–Kier alpha value is -3.87. The first-order valence-corrected chi connectivity index (χ1v) is 11.1. The molecule has 0 saturated heterocycles. The topological polar surface area (TPSA) is 94.5 Å². The van der Waals surface area contributed by atoms with E-state index in [-0.39, 0.29) is 30.0 Å². The van der Waals surface area contributed by atoms with Gasteiger partial charge in [-0.15, -0.1) is 0 Å². The predicted molar refractivity (Wildman–Crippen MR) is 125 cm³/mol. The van der Waals surface area contributed by atoms with Crippen molar-refractivity contribution >= 4 is 5.97 Å². The largest absolute Gasteiger partial charge is 0.508 e. The van der Waals surface area contributed by atoms with Crippen molar-refractivity contribution in [1.82, 2.24) is 0 Å². The van der Waals surface area contributed by atoms with E-state index in [1.165, 1.54) is 14.2 Å². The zero-order chi connectivity index (χ0) is 24.0. The highest BCUT2D eigenvalue weighted by Crippen LogP contribution is 2.53. The molecule has 0 bridgehead atoms. The van der Waals surface area contributed by atoms with Gasteiger partial charge in [-0.25, -0.2) is 0 Å². The SMILES string of the molecule is COC(=O)C1c2c(cc(OC)c3c2CCc2cc(O)ccc2-3)OCC1c1ccc(O)c(OC)c1. The minimum Gasteiger partial charge on any atom is -0.508 e. The highest BCUT2D eigenvalue weighted by Gasteiger charge is 2.42. The third kappa shape index (κ3) is 3.39. The van der Waals surface area contributed by atoms with Crippen LogP contribution >= 0.6 is 0 Å². The third-order valence-corrected chi connectivity index (χ3v) is 6.84. The van der Waals surface area contributed by atoms with E-state index in [1.54, 1.807) is 37.4 Å². The summed E-state index contributed by atoms with van der Waals surface area (Å²) in [5.74, 6) is 0.539. The number of rotatable bonds is 4. The van der Waals surface area contributed by atoms with E-state index in [4.69, 9.17) is 18.9 Å². The van der Waals surface area contributed by atoms with Crippen molar-refractivity contribution in [3.63, 3.8) is 0 Å². The van der Waals surface area contributed by atoms with E-state index in [1.807, 2.05) is 12.1 Å². The average molecular weight is 462 g/mol. The van der Waals surface area contributed by atoms with E-state index in [2.05, 4.69) is 0 Å². The summed E-state index contributed by atoms with van der Waals surface area (Å²) >= 11 is 0. The van der Waals surface area contributed by atoms with Crippen molar-refractivity contribution in [1.29, 1.82) is 0 Å². The van der Waals surface area contributed by atoms with Crippen LogP contribution in [0.5, 0.6) is 28.7 Å². The zero-order valence-electron chi connectivity index (χ0n) is 19.3. The molecule has 0 fully saturated rings.